The first kappa shape index (κ1) is 14.1. The largest absolute Gasteiger partial charge is 0.382 e. The number of hydrogen-bond acceptors (Lipinski definition) is 4. The van der Waals surface area contributed by atoms with E-state index in [1.54, 1.807) is 4.90 Å². The van der Waals surface area contributed by atoms with Crippen molar-refractivity contribution in [3.8, 4) is 11.8 Å². The molecule has 0 unspecified atom stereocenters. The molecule has 1 aromatic carbocycles. The third kappa shape index (κ3) is 2.42. The molecule has 0 aliphatic carbocycles. The van der Waals surface area contributed by atoms with Crippen LogP contribution in [-0.2, 0) is 0 Å². The molecule has 2 heterocycles. The topological polar surface area (TPSA) is 87.9 Å². The molecular formula is C16H17N5O. The average Bonchev–Trinajstić information content (AvgIpc) is 2.92. The molecule has 1 aliphatic rings. The van der Waals surface area contributed by atoms with Crippen molar-refractivity contribution in [2.75, 3.05) is 18.8 Å². The zero-order valence-corrected chi connectivity index (χ0v) is 12.2. The van der Waals surface area contributed by atoms with Gasteiger partial charge in [0, 0.05) is 13.1 Å². The highest BCUT2D eigenvalue weighted by Crippen LogP contribution is 2.22. The SMILES string of the molecule is N#Cc1c(C(=O)N2CCCCC2)nn(-c2ccccc2)c1N. The normalized spacial score (nSPS) is 14.6. The van der Waals surface area contributed by atoms with Crippen molar-refractivity contribution in [2.24, 2.45) is 0 Å². The van der Waals surface area contributed by atoms with Crippen LogP contribution >= 0.6 is 0 Å². The molecule has 1 fully saturated rings. The molecule has 1 aliphatic heterocycles. The molecule has 1 saturated heterocycles. The molecule has 0 saturated carbocycles. The number of nitrogens with zero attached hydrogens (tertiary/aromatic N) is 4. The van der Waals surface area contributed by atoms with Crippen LogP contribution in [0.15, 0.2) is 30.3 Å². The lowest BCUT2D eigenvalue weighted by Crippen LogP contribution is -2.36. The molecule has 22 heavy (non-hydrogen) atoms. The minimum atomic E-state index is -0.211. The third-order valence-corrected chi connectivity index (χ3v) is 3.88. The van der Waals surface area contributed by atoms with Gasteiger partial charge in [0.15, 0.2) is 5.69 Å². The van der Waals surface area contributed by atoms with E-state index in [-0.39, 0.29) is 23.0 Å². The van der Waals surface area contributed by atoms with E-state index in [0.717, 1.165) is 24.9 Å². The lowest BCUT2D eigenvalue weighted by molar-refractivity contribution is 0.0717. The summed E-state index contributed by atoms with van der Waals surface area (Å²) in [5.74, 6) is -0.00769. The fourth-order valence-corrected chi connectivity index (χ4v) is 2.70. The molecule has 0 bridgehead atoms. The second kappa shape index (κ2) is 5.90. The highest BCUT2D eigenvalue weighted by molar-refractivity contribution is 5.96. The Morgan fingerprint density at radius 2 is 1.86 bits per heavy atom. The number of rotatable bonds is 2. The van der Waals surface area contributed by atoms with Crippen molar-refractivity contribution in [1.82, 2.24) is 14.7 Å². The maximum Gasteiger partial charge on any atom is 0.275 e. The molecule has 2 N–H and O–H groups in total. The molecule has 3 rings (SSSR count). The Bertz CT molecular complexity index is 723. The Balaban J connectivity index is 2.01. The van der Waals surface area contributed by atoms with Crippen molar-refractivity contribution >= 4 is 11.7 Å². The lowest BCUT2D eigenvalue weighted by atomic mass is 10.1. The van der Waals surface area contributed by atoms with Crippen LogP contribution in [0.1, 0.15) is 35.3 Å². The van der Waals surface area contributed by atoms with Crippen LogP contribution in [0.25, 0.3) is 5.69 Å². The number of carbonyl (C=O) groups excluding carboxylic acids is 1. The number of piperidine rings is 1. The summed E-state index contributed by atoms with van der Waals surface area (Å²) < 4.78 is 1.45. The summed E-state index contributed by atoms with van der Waals surface area (Å²) in [6, 6.07) is 11.3. The van der Waals surface area contributed by atoms with Gasteiger partial charge in [0.05, 0.1) is 5.69 Å². The summed E-state index contributed by atoms with van der Waals surface area (Å²) in [6.45, 7) is 1.42. The molecular weight excluding hydrogens is 278 g/mol. The van der Waals surface area contributed by atoms with Crippen molar-refractivity contribution < 1.29 is 4.79 Å². The molecule has 0 spiro atoms. The molecule has 2 aromatic rings. The summed E-state index contributed by atoms with van der Waals surface area (Å²) in [4.78, 5) is 14.4. The second-order valence-corrected chi connectivity index (χ2v) is 5.32. The number of aromatic nitrogens is 2. The third-order valence-electron chi connectivity index (χ3n) is 3.88. The standard InChI is InChI=1S/C16H17N5O/c17-11-13-14(16(22)20-9-5-2-6-10-20)19-21(15(13)18)12-7-3-1-4-8-12/h1,3-4,7-8H,2,5-6,9-10,18H2. The van der Waals surface area contributed by atoms with Crippen LogP contribution in [0, 0.1) is 11.3 Å². The van der Waals surface area contributed by atoms with Gasteiger partial charge in [-0.15, -0.1) is 0 Å². The smallest absolute Gasteiger partial charge is 0.275 e. The van der Waals surface area contributed by atoms with Gasteiger partial charge in [-0.25, -0.2) is 4.68 Å². The fourth-order valence-electron chi connectivity index (χ4n) is 2.70. The summed E-state index contributed by atoms with van der Waals surface area (Å²) in [7, 11) is 0. The second-order valence-electron chi connectivity index (χ2n) is 5.32. The van der Waals surface area contributed by atoms with Crippen LogP contribution in [-0.4, -0.2) is 33.7 Å². The Morgan fingerprint density at radius 1 is 1.18 bits per heavy atom. The quantitative estimate of drug-likeness (QED) is 0.917. The predicted molar refractivity (Wildman–Crippen MR) is 82.4 cm³/mol. The van der Waals surface area contributed by atoms with Gasteiger partial charge in [-0.05, 0) is 31.4 Å². The minimum absolute atomic E-state index is 0.144. The van der Waals surface area contributed by atoms with Crippen LogP contribution in [0.3, 0.4) is 0 Å². The number of benzene rings is 1. The molecule has 1 aromatic heterocycles. The van der Waals surface area contributed by atoms with E-state index in [1.165, 1.54) is 4.68 Å². The molecule has 0 atom stereocenters. The number of amides is 1. The van der Waals surface area contributed by atoms with Gasteiger partial charge >= 0.3 is 0 Å². The predicted octanol–water partition coefficient (Wildman–Crippen LogP) is 1.95. The van der Waals surface area contributed by atoms with Crippen molar-refractivity contribution in [1.29, 1.82) is 5.26 Å². The maximum absolute atomic E-state index is 12.6. The van der Waals surface area contributed by atoms with Gasteiger partial charge in [-0.3, -0.25) is 4.79 Å². The summed E-state index contributed by atoms with van der Waals surface area (Å²) >= 11 is 0. The number of anilines is 1. The van der Waals surface area contributed by atoms with E-state index in [4.69, 9.17) is 5.73 Å². The lowest BCUT2D eigenvalue weighted by Gasteiger charge is -2.25. The fraction of sp³-hybridized carbons (Fsp3) is 0.312. The number of hydrogen-bond donors (Lipinski definition) is 1. The van der Waals surface area contributed by atoms with E-state index >= 15 is 0 Å². The van der Waals surface area contributed by atoms with Crippen molar-refractivity contribution in [3.05, 3.63) is 41.6 Å². The van der Waals surface area contributed by atoms with E-state index < -0.39 is 0 Å². The van der Waals surface area contributed by atoms with Gasteiger partial charge in [0.2, 0.25) is 0 Å². The van der Waals surface area contributed by atoms with E-state index in [1.807, 2.05) is 36.4 Å². The van der Waals surface area contributed by atoms with Crippen LogP contribution in [0.2, 0.25) is 0 Å². The first-order valence-corrected chi connectivity index (χ1v) is 7.35. The Kier molecular flexibility index (Phi) is 3.79. The van der Waals surface area contributed by atoms with Crippen molar-refractivity contribution in [2.45, 2.75) is 19.3 Å². The number of para-hydroxylation sites is 1. The number of nitrogens with two attached hydrogens (primary N) is 1. The average molecular weight is 295 g/mol. The first-order chi connectivity index (χ1) is 10.7. The summed E-state index contributed by atoms with van der Waals surface area (Å²) in [5, 5.41) is 13.7. The van der Waals surface area contributed by atoms with Crippen molar-refractivity contribution in [3.63, 3.8) is 0 Å². The van der Waals surface area contributed by atoms with Gasteiger partial charge in [-0.1, -0.05) is 18.2 Å². The van der Waals surface area contributed by atoms with E-state index in [2.05, 4.69) is 5.10 Å². The molecule has 6 nitrogen and oxygen atoms in total. The van der Waals surface area contributed by atoms with Crippen LogP contribution in [0.5, 0.6) is 0 Å². The van der Waals surface area contributed by atoms with E-state index in [9.17, 15) is 10.1 Å². The minimum Gasteiger partial charge on any atom is -0.382 e. The highest BCUT2D eigenvalue weighted by Gasteiger charge is 2.27. The number of likely N-dealkylation sites (tertiary alicyclic amines) is 1. The summed E-state index contributed by atoms with van der Waals surface area (Å²) in [6.07, 6.45) is 3.11. The van der Waals surface area contributed by atoms with Crippen LogP contribution in [0.4, 0.5) is 5.82 Å². The maximum atomic E-state index is 12.6. The number of nitriles is 1. The highest BCUT2D eigenvalue weighted by atomic mass is 16.2. The zero-order valence-electron chi connectivity index (χ0n) is 12.2. The number of nitrogen functional groups attached to an aromatic ring is 1. The molecule has 1 amide bonds. The van der Waals surface area contributed by atoms with Gasteiger partial charge in [-0.2, -0.15) is 10.4 Å². The van der Waals surface area contributed by atoms with Gasteiger partial charge < -0.3 is 10.6 Å². The first-order valence-electron chi connectivity index (χ1n) is 7.35. The Morgan fingerprint density at radius 3 is 2.50 bits per heavy atom. The molecule has 0 radical (unpaired) electrons. The monoisotopic (exact) mass is 295 g/mol. The van der Waals surface area contributed by atoms with E-state index in [0.29, 0.717) is 13.1 Å². The Hall–Kier alpha value is -2.81. The zero-order chi connectivity index (χ0) is 15.5. The van der Waals surface area contributed by atoms with Gasteiger partial charge in [0.25, 0.3) is 5.91 Å². The molecule has 112 valence electrons. The number of carbonyl (C=O) groups is 1. The van der Waals surface area contributed by atoms with Crippen LogP contribution < -0.4 is 5.73 Å². The summed E-state index contributed by atoms with van der Waals surface area (Å²) in [5.41, 5.74) is 7.05. The van der Waals surface area contributed by atoms with Gasteiger partial charge in [0.1, 0.15) is 17.5 Å². The molecule has 6 heteroatoms. The Labute approximate surface area is 128 Å².